The molecule has 0 aliphatic rings. The van der Waals surface area contributed by atoms with Crippen molar-refractivity contribution in [3.05, 3.63) is 65.2 Å². The van der Waals surface area contributed by atoms with E-state index < -0.39 is 43.3 Å². The molecule has 2 aromatic carbocycles. The molecule has 0 heterocycles. The molecule has 12 nitrogen and oxygen atoms in total. The fourth-order valence-corrected chi connectivity index (χ4v) is 6.27. The maximum atomic E-state index is 13.8. The van der Waals surface area contributed by atoms with Crippen molar-refractivity contribution in [3.8, 4) is 0 Å². The Labute approximate surface area is 268 Å². The average Bonchev–Trinajstić information content (AvgIpc) is 2.99. The Hall–Kier alpha value is -2.88. The number of carbonyl (C=O) groups excluding carboxylic acids is 2. The summed E-state index contributed by atoms with van der Waals surface area (Å²) in [6.45, 7) is 9.74. The quantitative estimate of drug-likeness (QED) is 0.205. The van der Waals surface area contributed by atoms with E-state index in [2.05, 4.69) is 10.1 Å². The third kappa shape index (κ3) is 10.9. The molecule has 0 spiro atoms. The summed E-state index contributed by atoms with van der Waals surface area (Å²) in [6.07, 6.45) is 0.374. The molecule has 0 saturated heterocycles. The highest BCUT2D eigenvalue weighted by Gasteiger charge is 2.29. The molecule has 0 radical (unpaired) electrons. The van der Waals surface area contributed by atoms with Crippen molar-refractivity contribution in [1.29, 1.82) is 0 Å². The standard InChI is InChI=1S/C31H49N5O7S2/c1-8-16-35(17-9-2)31(39)26-19-25(20-27(21-26)45(42,43)34(6)7)30(38)32-28(18-24-14-12-11-13-15-24)29(37)22-36(10-3)33-44(40,41)23(4)5/h11-15,19-21,23,28-29,33,37H,8-10,16-18,22H2,1-7H3,(H,32,38). The van der Waals surface area contributed by atoms with Crippen molar-refractivity contribution in [2.45, 2.75) is 76.2 Å². The smallest absolute Gasteiger partial charge is 0.253 e. The number of nitrogens with one attached hydrogen (secondary N) is 2. The van der Waals surface area contributed by atoms with Gasteiger partial charge < -0.3 is 15.3 Å². The van der Waals surface area contributed by atoms with E-state index in [1.54, 1.807) is 25.7 Å². The lowest BCUT2D eigenvalue weighted by molar-refractivity contribution is 0.0634. The fraction of sp³-hybridized carbons (Fsp3) is 0.548. The molecule has 0 aromatic heterocycles. The molecular weight excluding hydrogens is 619 g/mol. The Morgan fingerprint density at radius 2 is 1.47 bits per heavy atom. The van der Waals surface area contributed by atoms with E-state index >= 15 is 0 Å². The summed E-state index contributed by atoms with van der Waals surface area (Å²) in [6, 6.07) is 12.1. The molecule has 0 saturated carbocycles. The number of aliphatic hydroxyl groups excluding tert-OH is 1. The summed E-state index contributed by atoms with van der Waals surface area (Å²) in [5.74, 6) is -1.08. The maximum Gasteiger partial charge on any atom is 0.253 e. The fourth-order valence-electron chi connectivity index (χ4n) is 4.52. The first-order valence-electron chi connectivity index (χ1n) is 15.2. The van der Waals surface area contributed by atoms with E-state index in [9.17, 15) is 31.5 Å². The molecular formula is C31H49N5O7S2. The first-order valence-corrected chi connectivity index (χ1v) is 18.2. The van der Waals surface area contributed by atoms with Crippen molar-refractivity contribution >= 4 is 31.9 Å². The summed E-state index contributed by atoms with van der Waals surface area (Å²) < 4.78 is 52.3. The van der Waals surface area contributed by atoms with Gasteiger partial charge in [0.15, 0.2) is 0 Å². The molecule has 2 rings (SSSR count). The van der Waals surface area contributed by atoms with E-state index in [-0.39, 0.29) is 41.4 Å². The Morgan fingerprint density at radius 3 is 1.98 bits per heavy atom. The first kappa shape index (κ1) is 38.3. The Balaban J connectivity index is 2.53. The van der Waals surface area contributed by atoms with Gasteiger partial charge in [-0.15, -0.1) is 4.83 Å². The van der Waals surface area contributed by atoms with Crippen LogP contribution in [0.15, 0.2) is 53.4 Å². The molecule has 2 atom stereocenters. The number of amides is 2. The van der Waals surface area contributed by atoms with Gasteiger partial charge >= 0.3 is 0 Å². The van der Waals surface area contributed by atoms with Crippen LogP contribution < -0.4 is 10.1 Å². The van der Waals surface area contributed by atoms with Crippen LogP contribution in [0.1, 0.15) is 73.7 Å². The number of sulfonamides is 2. The van der Waals surface area contributed by atoms with Crippen LogP contribution in [0.4, 0.5) is 0 Å². The third-order valence-electron chi connectivity index (χ3n) is 7.21. The Kier molecular flexibility index (Phi) is 14.6. The highest BCUT2D eigenvalue weighted by molar-refractivity contribution is 7.90. The summed E-state index contributed by atoms with van der Waals surface area (Å²) in [5, 5.41) is 14.8. The van der Waals surface area contributed by atoms with Crippen molar-refractivity contribution in [1.82, 2.24) is 24.4 Å². The van der Waals surface area contributed by atoms with Crippen LogP contribution in [0.3, 0.4) is 0 Å². The first-order chi connectivity index (χ1) is 21.1. The molecule has 0 bridgehead atoms. The zero-order valence-electron chi connectivity index (χ0n) is 27.4. The van der Waals surface area contributed by atoms with Gasteiger partial charge in [0.1, 0.15) is 0 Å². The second-order valence-electron chi connectivity index (χ2n) is 11.4. The second kappa shape index (κ2) is 17.2. The number of hydrogen-bond donors (Lipinski definition) is 3. The van der Waals surface area contributed by atoms with Crippen LogP contribution in [-0.4, -0.2) is 106 Å². The van der Waals surface area contributed by atoms with Gasteiger partial charge in [0.05, 0.1) is 22.3 Å². The van der Waals surface area contributed by atoms with E-state index in [4.69, 9.17) is 0 Å². The minimum absolute atomic E-state index is 0.0605. The molecule has 0 aliphatic carbocycles. The largest absolute Gasteiger partial charge is 0.390 e. The van der Waals surface area contributed by atoms with Crippen molar-refractivity contribution < 1.29 is 31.5 Å². The molecule has 2 unspecified atom stereocenters. The zero-order chi connectivity index (χ0) is 33.9. The third-order valence-corrected chi connectivity index (χ3v) is 10.8. The van der Waals surface area contributed by atoms with Gasteiger partial charge in [0, 0.05) is 51.4 Å². The summed E-state index contributed by atoms with van der Waals surface area (Å²) >= 11 is 0. The minimum atomic E-state index is -4.01. The van der Waals surface area contributed by atoms with Gasteiger partial charge in [-0.3, -0.25) is 9.59 Å². The normalized spacial score (nSPS) is 13.7. The van der Waals surface area contributed by atoms with Crippen LogP contribution >= 0.6 is 0 Å². The van der Waals surface area contributed by atoms with Gasteiger partial charge in [-0.2, -0.15) is 0 Å². The summed E-state index contributed by atoms with van der Waals surface area (Å²) in [7, 11) is -4.97. The number of hydrogen-bond acceptors (Lipinski definition) is 8. The average molecular weight is 668 g/mol. The molecule has 14 heteroatoms. The summed E-state index contributed by atoms with van der Waals surface area (Å²) in [5.41, 5.74) is 0.806. The maximum absolute atomic E-state index is 13.8. The van der Waals surface area contributed by atoms with Crippen molar-refractivity contribution in [2.75, 3.05) is 40.3 Å². The van der Waals surface area contributed by atoms with Crippen LogP contribution in [-0.2, 0) is 26.5 Å². The predicted octanol–water partition coefficient (Wildman–Crippen LogP) is 2.47. The topological polar surface area (TPSA) is 156 Å². The molecule has 0 fully saturated rings. The van der Waals surface area contributed by atoms with Gasteiger partial charge in [-0.05, 0) is 56.9 Å². The lowest BCUT2D eigenvalue weighted by atomic mass is 10.00. The molecule has 0 aliphatic heterocycles. The number of likely N-dealkylation sites (N-methyl/N-ethyl adjacent to an activating group) is 1. The SMILES string of the molecule is CCCN(CCC)C(=O)c1cc(C(=O)NC(Cc2ccccc2)C(O)CN(CC)NS(=O)(=O)C(C)C)cc(S(=O)(=O)N(C)C)c1. The van der Waals surface area contributed by atoms with Gasteiger partial charge in [-0.1, -0.05) is 51.1 Å². The number of rotatable bonds is 18. The van der Waals surface area contributed by atoms with Crippen LogP contribution in [0, 0.1) is 0 Å². The minimum Gasteiger partial charge on any atom is -0.390 e. The van der Waals surface area contributed by atoms with E-state index in [0.717, 1.165) is 9.87 Å². The molecule has 2 aromatic rings. The number of nitrogens with zero attached hydrogens (tertiary/aromatic N) is 3. The predicted molar refractivity (Wildman–Crippen MR) is 176 cm³/mol. The number of aliphatic hydroxyl groups is 1. The van der Waals surface area contributed by atoms with Gasteiger partial charge in [0.2, 0.25) is 20.0 Å². The van der Waals surface area contributed by atoms with Gasteiger partial charge in [0.25, 0.3) is 11.8 Å². The molecule has 3 N–H and O–H groups in total. The lowest BCUT2D eigenvalue weighted by Gasteiger charge is -2.30. The van der Waals surface area contributed by atoms with E-state index in [1.165, 1.54) is 37.3 Å². The van der Waals surface area contributed by atoms with Crippen molar-refractivity contribution in [2.24, 2.45) is 0 Å². The van der Waals surface area contributed by atoms with Crippen LogP contribution in [0.2, 0.25) is 0 Å². The highest BCUT2D eigenvalue weighted by atomic mass is 32.2. The highest BCUT2D eigenvalue weighted by Crippen LogP contribution is 2.21. The molecule has 252 valence electrons. The number of carbonyl (C=O) groups is 2. The van der Waals surface area contributed by atoms with Crippen molar-refractivity contribution in [3.63, 3.8) is 0 Å². The second-order valence-corrected chi connectivity index (χ2v) is 15.8. The summed E-state index contributed by atoms with van der Waals surface area (Å²) in [4.78, 5) is 31.2. The Bertz CT molecular complexity index is 1480. The molecule has 2 amide bonds. The lowest BCUT2D eigenvalue weighted by Crippen LogP contribution is -2.54. The number of benzene rings is 2. The van der Waals surface area contributed by atoms with E-state index in [0.29, 0.717) is 25.9 Å². The monoisotopic (exact) mass is 667 g/mol. The van der Waals surface area contributed by atoms with Gasteiger partial charge in [-0.25, -0.2) is 26.1 Å². The van der Waals surface area contributed by atoms with Crippen LogP contribution in [0.5, 0.6) is 0 Å². The Morgan fingerprint density at radius 1 is 0.889 bits per heavy atom. The molecule has 45 heavy (non-hydrogen) atoms. The van der Waals surface area contributed by atoms with Crippen LogP contribution in [0.25, 0.3) is 0 Å². The van der Waals surface area contributed by atoms with E-state index in [1.807, 2.05) is 44.2 Å². The number of hydrazine groups is 1. The zero-order valence-corrected chi connectivity index (χ0v) is 29.0.